The second-order valence-corrected chi connectivity index (χ2v) is 5.44. The van der Waals surface area contributed by atoms with Gasteiger partial charge in [-0.1, -0.05) is 19.9 Å². The van der Waals surface area contributed by atoms with Crippen molar-refractivity contribution in [3.05, 3.63) is 42.4 Å². The number of methoxy groups -OCH3 is 1. The Kier molecular flexibility index (Phi) is 6.54. The maximum atomic E-state index is 12.5. The lowest BCUT2D eigenvalue weighted by atomic mass is 10.3. The molecule has 0 aliphatic carbocycles. The molecule has 0 fully saturated rings. The first-order valence-electron chi connectivity index (χ1n) is 8.20. The summed E-state index contributed by atoms with van der Waals surface area (Å²) >= 11 is 0. The summed E-state index contributed by atoms with van der Waals surface area (Å²) in [6.07, 6.45) is 4.94. The number of carbonyl (C=O) groups excluding carboxylic acids is 1. The molecule has 1 heterocycles. The maximum Gasteiger partial charge on any atom is 0.274 e. The molecule has 1 amide bonds. The van der Waals surface area contributed by atoms with Crippen molar-refractivity contribution in [2.45, 2.75) is 26.7 Å². The molecule has 128 valence electrons. The lowest BCUT2D eigenvalue weighted by Crippen LogP contribution is -2.33. The van der Waals surface area contributed by atoms with E-state index in [9.17, 15) is 4.79 Å². The number of amides is 1. The summed E-state index contributed by atoms with van der Waals surface area (Å²) in [6, 6.07) is 7.53. The fourth-order valence-corrected chi connectivity index (χ4v) is 2.37. The number of hydrogen-bond acceptors (Lipinski definition) is 5. The molecule has 2 rings (SSSR count). The molecule has 0 unspecified atom stereocenters. The minimum atomic E-state index is -0.0702. The summed E-state index contributed by atoms with van der Waals surface area (Å²) < 4.78 is 5.19. The Morgan fingerprint density at radius 3 is 2.50 bits per heavy atom. The molecule has 2 aromatic rings. The van der Waals surface area contributed by atoms with E-state index < -0.39 is 0 Å². The third kappa shape index (κ3) is 4.68. The molecule has 0 radical (unpaired) electrons. The van der Waals surface area contributed by atoms with Crippen molar-refractivity contribution in [2.24, 2.45) is 0 Å². The van der Waals surface area contributed by atoms with Crippen molar-refractivity contribution in [3.63, 3.8) is 0 Å². The van der Waals surface area contributed by atoms with Crippen molar-refractivity contribution >= 4 is 17.4 Å². The summed E-state index contributed by atoms with van der Waals surface area (Å²) in [4.78, 5) is 22.8. The molecule has 1 N–H and O–H groups in total. The van der Waals surface area contributed by atoms with Gasteiger partial charge in [-0.05, 0) is 25.0 Å². The van der Waals surface area contributed by atoms with E-state index in [1.54, 1.807) is 13.3 Å². The Labute approximate surface area is 142 Å². The van der Waals surface area contributed by atoms with E-state index in [0.717, 1.165) is 37.4 Å². The lowest BCUT2D eigenvalue weighted by molar-refractivity contribution is 0.0749. The Morgan fingerprint density at radius 1 is 1.17 bits per heavy atom. The molecule has 6 nitrogen and oxygen atoms in total. The van der Waals surface area contributed by atoms with Crippen LogP contribution in [0.3, 0.4) is 0 Å². The minimum absolute atomic E-state index is 0.0702. The van der Waals surface area contributed by atoms with E-state index in [2.05, 4.69) is 29.1 Å². The van der Waals surface area contributed by atoms with Gasteiger partial charge in [0.2, 0.25) is 0 Å². The van der Waals surface area contributed by atoms with E-state index in [1.165, 1.54) is 6.20 Å². The molecule has 0 saturated heterocycles. The number of anilines is 2. The zero-order valence-corrected chi connectivity index (χ0v) is 14.5. The minimum Gasteiger partial charge on any atom is -0.497 e. The lowest BCUT2D eigenvalue weighted by Gasteiger charge is -2.20. The predicted octanol–water partition coefficient (Wildman–Crippen LogP) is 3.49. The number of nitrogens with one attached hydrogen (secondary N) is 1. The molecular formula is C18H24N4O2. The summed E-state index contributed by atoms with van der Waals surface area (Å²) in [5, 5.41) is 3.15. The van der Waals surface area contributed by atoms with Gasteiger partial charge in [0.1, 0.15) is 17.3 Å². The van der Waals surface area contributed by atoms with Gasteiger partial charge in [-0.25, -0.2) is 9.97 Å². The van der Waals surface area contributed by atoms with Crippen LogP contribution < -0.4 is 10.1 Å². The Bertz CT molecular complexity index is 652. The standard InChI is InChI=1S/C18H24N4O2/c1-4-9-22(10-5-2)18(23)16-12-20-17(13-19-16)21-14-7-6-8-15(11-14)24-3/h6-8,11-13H,4-5,9-10H2,1-3H3,(H,20,21). The zero-order chi connectivity index (χ0) is 17.4. The van der Waals surface area contributed by atoms with Gasteiger partial charge < -0.3 is 15.0 Å². The van der Waals surface area contributed by atoms with Gasteiger partial charge in [0, 0.05) is 24.8 Å². The molecular weight excluding hydrogens is 304 g/mol. The second-order valence-electron chi connectivity index (χ2n) is 5.44. The average Bonchev–Trinajstić information content (AvgIpc) is 2.62. The number of benzene rings is 1. The third-order valence-corrected chi connectivity index (χ3v) is 3.49. The molecule has 1 aromatic carbocycles. The summed E-state index contributed by atoms with van der Waals surface area (Å²) in [5.41, 5.74) is 1.22. The summed E-state index contributed by atoms with van der Waals surface area (Å²) in [5.74, 6) is 1.27. The van der Waals surface area contributed by atoms with E-state index in [1.807, 2.05) is 29.2 Å². The normalized spacial score (nSPS) is 10.3. The van der Waals surface area contributed by atoms with Crippen LogP contribution in [0.2, 0.25) is 0 Å². The topological polar surface area (TPSA) is 67.4 Å². The molecule has 0 bridgehead atoms. The van der Waals surface area contributed by atoms with Crippen LogP contribution in [0.15, 0.2) is 36.7 Å². The quantitative estimate of drug-likeness (QED) is 0.803. The van der Waals surface area contributed by atoms with Gasteiger partial charge in [-0.15, -0.1) is 0 Å². The van der Waals surface area contributed by atoms with Crippen LogP contribution in [0, 0.1) is 0 Å². The fourth-order valence-electron chi connectivity index (χ4n) is 2.37. The van der Waals surface area contributed by atoms with Gasteiger partial charge in [0.15, 0.2) is 0 Å². The number of rotatable bonds is 8. The highest BCUT2D eigenvalue weighted by molar-refractivity contribution is 5.92. The molecule has 1 aromatic heterocycles. The monoisotopic (exact) mass is 328 g/mol. The first-order chi connectivity index (χ1) is 11.7. The second kappa shape index (κ2) is 8.86. The first-order valence-corrected chi connectivity index (χ1v) is 8.20. The van der Waals surface area contributed by atoms with Crippen LogP contribution in [-0.2, 0) is 0 Å². The van der Waals surface area contributed by atoms with Crippen molar-refractivity contribution in [3.8, 4) is 5.75 Å². The zero-order valence-electron chi connectivity index (χ0n) is 14.5. The van der Waals surface area contributed by atoms with Crippen LogP contribution in [0.25, 0.3) is 0 Å². The van der Waals surface area contributed by atoms with Gasteiger partial charge in [0.25, 0.3) is 5.91 Å². The number of carbonyl (C=O) groups is 1. The van der Waals surface area contributed by atoms with Crippen molar-refractivity contribution < 1.29 is 9.53 Å². The summed E-state index contributed by atoms with van der Waals surface area (Å²) in [7, 11) is 1.62. The van der Waals surface area contributed by atoms with Crippen molar-refractivity contribution in [2.75, 3.05) is 25.5 Å². The average molecular weight is 328 g/mol. The Hall–Kier alpha value is -2.63. The van der Waals surface area contributed by atoms with Gasteiger partial charge in [0.05, 0.1) is 19.5 Å². The number of aromatic nitrogens is 2. The molecule has 0 aliphatic rings. The summed E-state index contributed by atoms with van der Waals surface area (Å²) in [6.45, 7) is 5.59. The smallest absolute Gasteiger partial charge is 0.274 e. The fraction of sp³-hybridized carbons (Fsp3) is 0.389. The van der Waals surface area contributed by atoms with E-state index in [4.69, 9.17) is 4.74 Å². The van der Waals surface area contributed by atoms with Crippen molar-refractivity contribution in [1.82, 2.24) is 14.9 Å². The molecule has 24 heavy (non-hydrogen) atoms. The highest BCUT2D eigenvalue weighted by Gasteiger charge is 2.16. The van der Waals surface area contributed by atoms with E-state index in [-0.39, 0.29) is 5.91 Å². The van der Waals surface area contributed by atoms with Crippen LogP contribution in [-0.4, -0.2) is 41.0 Å². The van der Waals surface area contributed by atoms with Gasteiger partial charge in [-0.2, -0.15) is 0 Å². The molecule has 0 atom stereocenters. The van der Waals surface area contributed by atoms with Crippen molar-refractivity contribution in [1.29, 1.82) is 0 Å². The predicted molar refractivity (Wildman–Crippen MR) is 94.8 cm³/mol. The Balaban J connectivity index is 2.07. The molecule has 0 spiro atoms. The molecule has 6 heteroatoms. The molecule has 0 aliphatic heterocycles. The largest absolute Gasteiger partial charge is 0.497 e. The Morgan fingerprint density at radius 2 is 1.92 bits per heavy atom. The van der Waals surface area contributed by atoms with Crippen LogP contribution in [0.1, 0.15) is 37.2 Å². The van der Waals surface area contributed by atoms with Crippen LogP contribution >= 0.6 is 0 Å². The highest BCUT2D eigenvalue weighted by atomic mass is 16.5. The number of ether oxygens (including phenoxy) is 1. The van der Waals surface area contributed by atoms with Gasteiger partial charge in [-0.3, -0.25) is 4.79 Å². The van der Waals surface area contributed by atoms with Crippen LogP contribution in [0.5, 0.6) is 5.75 Å². The first kappa shape index (κ1) is 17.7. The molecule has 0 saturated carbocycles. The SMILES string of the molecule is CCCN(CCC)C(=O)c1cnc(Nc2cccc(OC)c2)cn1. The van der Waals surface area contributed by atoms with E-state index >= 15 is 0 Å². The number of nitrogens with zero attached hydrogens (tertiary/aromatic N) is 3. The van der Waals surface area contributed by atoms with Crippen LogP contribution in [0.4, 0.5) is 11.5 Å². The highest BCUT2D eigenvalue weighted by Crippen LogP contribution is 2.19. The van der Waals surface area contributed by atoms with Gasteiger partial charge >= 0.3 is 0 Å². The third-order valence-electron chi connectivity index (χ3n) is 3.49. The maximum absolute atomic E-state index is 12.5. The number of hydrogen-bond donors (Lipinski definition) is 1. The van der Waals surface area contributed by atoms with E-state index in [0.29, 0.717) is 11.5 Å².